The lowest BCUT2D eigenvalue weighted by Crippen LogP contribution is -2.46. The van der Waals surface area contributed by atoms with Gasteiger partial charge in [-0.1, -0.05) is 13.8 Å². The molecule has 1 aromatic rings. The Morgan fingerprint density at radius 1 is 1.31 bits per heavy atom. The molecule has 1 saturated heterocycles. The van der Waals surface area contributed by atoms with Gasteiger partial charge in [0.2, 0.25) is 5.91 Å². The van der Waals surface area contributed by atoms with E-state index in [1.165, 1.54) is 0 Å². The van der Waals surface area contributed by atoms with E-state index in [1.807, 2.05) is 13.8 Å². The largest absolute Gasteiger partial charge is 0.465 e. The van der Waals surface area contributed by atoms with Gasteiger partial charge in [-0.15, -0.1) is 0 Å². The van der Waals surface area contributed by atoms with E-state index in [0.29, 0.717) is 30.8 Å². The molecule has 29 heavy (non-hydrogen) atoms. The van der Waals surface area contributed by atoms with Crippen molar-refractivity contribution in [2.75, 3.05) is 24.6 Å². The predicted molar refractivity (Wildman–Crippen MR) is 106 cm³/mol. The van der Waals surface area contributed by atoms with Gasteiger partial charge in [0, 0.05) is 24.3 Å². The number of hydroxylamine groups is 1. The molecule has 1 fully saturated rings. The number of nitrogens with one attached hydrogen (secondary N) is 4. The maximum absolute atomic E-state index is 12.6. The van der Waals surface area contributed by atoms with Crippen LogP contribution in [0.4, 0.5) is 10.5 Å². The van der Waals surface area contributed by atoms with Gasteiger partial charge in [-0.25, -0.2) is 4.79 Å². The number of amides is 3. The van der Waals surface area contributed by atoms with Crippen LogP contribution in [0, 0.1) is 11.3 Å². The fourth-order valence-electron chi connectivity index (χ4n) is 2.76. The minimum Gasteiger partial charge on any atom is -0.465 e. The van der Waals surface area contributed by atoms with Gasteiger partial charge in [-0.3, -0.25) is 25.7 Å². The number of hydrogen-bond donors (Lipinski definition) is 5. The van der Waals surface area contributed by atoms with Crippen LogP contribution in [0.15, 0.2) is 24.3 Å². The molecule has 0 radical (unpaired) electrons. The number of hydrogen-bond acceptors (Lipinski definition) is 6. The number of carbonyl (C=O) groups excluding carboxylic acids is 3. The third-order valence-electron chi connectivity index (χ3n) is 4.28. The summed E-state index contributed by atoms with van der Waals surface area (Å²) in [6.45, 7) is 4.79. The standard InChI is InChI=1S/C19H27N5O5/c1-12(2)11-29-16(25)7-9-21-19(27)22-15-8-10-24(18(15)26)14-5-3-13(4-6-14)17(20)23-28/h3-6,12,15,28H,7-11H2,1-2H3,(H2,20,23)(H2,21,22,27)/t15-/m0/s1. The van der Waals surface area contributed by atoms with Crippen LogP contribution in [-0.4, -0.2) is 54.7 Å². The molecule has 0 bridgehead atoms. The first-order valence-electron chi connectivity index (χ1n) is 9.42. The van der Waals surface area contributed by atoms with E-state index in [9.17, 15) is 14.4 Å². The third-order valence-corrected chi connectivity index (χ3v) is 4.28. The molecule has 0 unspecified atom stereocenters. The average Bonchev–Trinajstić information content (AvgIpc) is 3.06. The van der Waals surface area contributed by atoms with Gasteiger partial charge < -0.3 is 20.3 Å². The molecular formula is C19H27N5O5. The van der Waals surface area contributed by atoms with Crippen LogP contribution < -0.4 is 21.0 Å². The SMILES string of the molecule is CC(C)COC(=O)CCNC(=O)N[C@H]1CCN(c2ccc(C(=N)NO)cc2)C1=O. The maximum Gasteiger partial charge on any atom is 0.315 e. The highest BCUT2D eigenvalue weighted by Crippen LogP contribution is 2.22. The van der Waals surface area contributed by atoms with Crippen molar-refractivity contribution >= 4 is 29.4 Å². The highest BCUT2D eigenvalue weighted by Gasteiger charge is 2.33. The minimum atomic E-state index is -0.653. The van der Waals surface area contributed by atoms with Crippen LogP contribution >= 0.6 is 0 Å². The zero-order valence-electron chi connectivity index (χ0n) is 16.5. The zero-order chi connectivity index (χ0) is 21.4. The van der Waals surface area contributed by atoms with E-state index in [4.69, 9.17) is 15.4 Å². The van der Waals surface area contributed by atoms with Crippen LogP contribution in [0.1, 0.15) is 32.3 Å². The van der Waals surface area contributed by atoms with E-state index in [0.717, 1.165) is 0 Å². The van der Waals surface area contributed by atoms with Crippen molar-refractivity contribution in [2.24, 2.45) is 5.92 Å². The number of anilines is 1. The first kappa shape index (κ1) is 22.2. The molecule has 2 rings (SSSR count). The maximum atomic E-state index is 12.6. The molecule has 10 heteroatoms. The fourth-order valence-corrected chi connectivity index (χ4v) is 2.76. The number of ether oxygens (including phenoxy) is 1. The Balaban J connectivity index is 1.78. The number of amidine groups is 1. The van der Waals surface area contributed by atoms with Crippen LogP contribution in [0.2, 0.25) is 0 Å². The van der Waals surface area contributed by atoms with Gasteiger partial charge in [0.1, 0.15) is 11.9 Å². The van der Waals surface area contributed by atoms with Crippen molar-refractivity contribution in [1.82, 2.24) is 16.1 Å². The zero-order valence-corrected chi connectivity index (χ0v) is 16.5. The summed E-state index contributed by atoms with van der Waals surface area (Å²) in [5.41, 5.74) is 2.88. The van der Waals surface area contributed by atoms with Crippen LogP contribution in [0.25, 0.3) is 0 Å². The van der Waals surface area contributed by atoms with Gasteiger partial charge in [0.05, 0.1) is 13.0 Å². The second-order valence-corrected chi connectivity index (χ2v) is 7.09. The third kappa shape index (κ3) is 6.46. The molecule has 10 nitrogen and oxygen atoms in total. The van der Waals surface area contributed by atoms with E-state index in [1.54, 1.807) is 34.6 Å². The highest BCUT2D eigenvalue weighted by molar-refractivity contribution is 6.02. The van der Waals surface area contributed by atoms with E-state index < -0.39 is 12.1 Å². The molecule has 0 aliphatic carbocycles. The number of esters is 1. The lowest BCUT2D eigenvalue weighted by molar-refractivity contribution is -0.144. The molecule has 1 aromatic carbocycles. The van der Waals surface area contributed by atoms with Crippen molar-refractivity contribution in [2.45, 2.75) is 32.7 Å². The Morgan fingerprint density at radius 3 is 2.62 bits per heavy atom. The number of urea groups is 1. The Bertz CT molecular complexity index is 750. The molecule has 0 aromatic heterocycles. The van der Waals surface area contributed by atoms with Crippen LogP contribution in [-0.2, 0) is 14.3 Å². The lowest BCUT2D eigenvalue weighted by atomic mass is 10.2. The summed E-state index contributed by atoms with van der Waals surface area (Å²) in [5.74, 6) is -0.510. The van der Waals surface area contributed by atoms with Crippen molar-refractivity contribution in [3.05, 3.63) is 29.8 Å². The molecule has 1 heterocycles. The van der Waals surface area contributed by atoms with Gasteiger partial charge in [0.25, 0.3) is 0 Å². The van der Waals surface area contributed by atoms with Crippen LogP contribution in [0.3, 0.4) is 0 Å². The van der Waals surface area contributed by atoms with Crippen LogP contribution in [0.5, 0.6) is 0 Å². The molecule has 0 spiro atoms. The molecular weight excluding hydrogens is 378 g/mol. The summed E-state index contributed by atoms with van der Waals surface area (Å²) in [4.78, 5) is 37.6. The van der Waals surface area contributed by atoms with Gasteiger partial charge in [0.15, 0.2) is 0 Å². The Hall–Kier alpha value is -3.14. The molecule has 3 amide bonds. The quantitative estimate of drug-likeness (QED) is 0.189. The van der Waals surface area contributed by atoms with Crippen molar-refractivity contribution < 1.29 is 24.3 Å². The molecule has 1 atom stereocenters. The Labute approximate surface area is 169 Å². The fraction of sp³-hybridized carbons (Fsp3) is 0.474. The molecule has 0 saturated carbocycles. The Morgan fingerprint density at radius 2 is 2.00 bits per heavy atom. The van der Waals surface area contributed by atoms with Gasteiger partial charge in [-0.05, 0) is 36.6 Å². The second kappa shape index (κ2) is 10.4. The highest BCUT2D eigenvalue weighted by atomic mass is 16.5. The first-order chi connectivity index (χ1) is 13.8. The van der Waals surface area contributed by atoms with Gasteiger partial charge in [-0.2, -0.15) is 0 Å². The van der Waals surface area contributed by atoms with Crippen molar-refractivity contribution in [3.63, 3.8) is 0 Å². The summed E-state index contributed by atoms with van der Waals surface area (Å²) in [6.07, 6.45) is 0.521. The van der Waals surface area contributed by atoms with Gasteiger partial charge >= 0.3 is 12.0 Å². The lowest BCUT2D eigenvalue weighted by Gasteiger charge is -2.18. The first-order valence-corrected chi connectivity index (χ1v) is 9.42. The summed E-state index contributed by atoms with van der Waals surface area (Å²) in [7, 11) is 0. The Kier molecular flexibility index (Phi) is 7.96. The minimum absolute atomic E-state index is 0.0644. The summed E-state index contributed by atoms with van der Waals surface area (Å²) in [6, 6.07) is 5.40. The normalized spacial score (nSPS) is 15.9. The van der Waals surface area contributed by atoms with E-state index in [2.05, 4.69) is 10.6 Å². The van der Waals surface area contributed by atoms with E-state index >= 15 is 0 Å². The summed E-state index contributed by atoms with van der Waals surface area (Å²) in [5, 5.41) is 21.4. The smallest absolute Gasteiger partial charge is 0.315 e. The number of rotatable bonds is 8. The second-order valence-electron chi connectivity index (χ2n) is 7.09. The number of carbonyl (C=O) groups is 3. The number of nitrogens with zero attached hydrogens (tertiary/aromatic N) is 1. The molecule has 5 N–H and O–H groups in total. The predicted octanol–water partition coefficient (Wildman–Crippen LogP) is 0.985. The van der Waals surface area contributed by atoms with Crippen molar-refractivity contribution in [1.29, 1.82) is 5.41 Å². The van der Waals surface area contributed by atoms with E-state index in [-0.39, 0.29) is 36.6 Å². The monoisotopic (exact) mass is 405 g/mol. The topological polar surface area (TPSA) is 144 Å². The van der Waals surface area contributed by atoms with Crippen molar-refractivity contribution in [3.8, 4) is 0 Å². The summed E-state index contributed by atoms with van der Waals surface area (Å²) < 4.78 is 5.03. The summed E-state index contributed by atoms with van der Waals surface area (Å²) >= 11 is 0. The molecule has 158 valence electrons. The average molecular weight is 405 g/mol. The molecule has 1 aliphatic rings. The molecule has 1 aliphatic heterocycles. The number of benzene rings is 1.